The maximum Gasteiger partial charge on any atom is 0.159 e. The van der Waals surface area contributed by atoms with E-state index in [9.17, 15) is 4.39 Å². The van der Waals surface area contributed by atoms with Crippen LogP contribution in [0.15, 0.2) is 67.3 Å². The van der Waals surface area contributed by atoms with Crippen molar-refractivity contribution in [3.05, 3.63) is 73.1 Å². The van der Waals surface area contributed by atoms with Crippen LogP contribution < -0.4 is 10.1 Å². The molecular formula is C28H23FN8O. The van der Waals surface area contributed by atoms with Crippen molar-refractivity contribution in [2.45, 2.75) is 18.9 Å². The van der Waals surface area contributed by atoms with Crippen LogP contribution in [-0.2, 0) is 0 Å². The topological polar surface area (TPSA) is 117 Å². The van der Waals surface area contributed by atoms with E-state index in [4.69, 9.17) is 9.72 Å². The van der Waals surface area contributed by atoms with Crippen LogP contribution in [0.4, 0.5) is 4.39 Å². The van der Waals surface area contributed by atoms with Gasteiger partial charge in [-0.3, -0.25) is 15.1 Å². The molecule has 6 heterocycles. The molecule has 1 saturated heterocycles. The predicted octanol–water partition coefficient (Wildman–Crippen LogP) is 4.90. The standard InChI is InChI=1S/C28H23FN8O/c29-22-4-2-1-3-20(22)24-26-23(7-10-32-24)34-28(35-26)25-21-12-17(14-33-27(21)37-36-25)16-11-19(15-31-13-16)38-18-5-8-30-9-6-18/h1-4,7,10-15,18,30H,5-6,8-9H2,(H,34,35)(H,33,36,37). The summed E-state index contributed by atoms with van der Waals surface area (Å²) in [5.74, 6) is 0.931. The molecule has 0 radical (unpaired) electrons. The van der Waals surface area contributed by atoms with Crippen molar-refractivity contribution >= 4 is 22.1 Å². The van der Waals surface area contributed by atoms with Gasteiger partial charge in [0.2, 0.25) is 0 Å². The number of pyridine rings is 3. The van der Waals surface area contributed by atoms with Crippen molar-refractivity contribution in [2.24, 2.45) is 0 Å². The molecule has 9 nitrogen and oxygen atoms in total. The van der Waals surface area contributed by atoms with Crippen molar-refractivity contribution in [2.75, 3.05) is 13.1 Å². The largest absolute Gasteiger partial charge is 0.489 e. The summed E-state index contributed by atoms with van der Waals surface area (Å²) in [7, 11) is 0. The normalized spacial score (nSPS) is 14.3. The number of nitrogens with one attached hydrogen (secondary N) is 3. The molecule has 7 rings (SSSR count). The zero-order valence-corrected chi connectivity index (χ0v) is 20.3. The second kappa shape index (κ2) is 9.31. The van der Waals surface area contributed by atoms with E-state index in [0.717, 1.165) is 53.7 Å². The Morgan fingerprint density at radius 3 is 2.68 bits per heavy atom. The first-order valence-electron chi connectivity index (χ1n) is 12.5. The number of hydrogen-bond donors (Lipinski definition) is 3. The van der Waals surface area contributed by atoms with Crippen molar-refractivity contribution < 1.29 is 9.13 Å². The molecule has 0 atom stereocenters. The fourth-order valence-corrected chi connectivity index (χ4v) is 4.89. The first-order valence-corrected chi connectivity index (χ1v) is 12.5. The van der Waals surface area contributed by atoms with Crippen molar-refractivity contribution in [3.8, 4) is 39.7 Å². The van der Waals surface area contributed by atoms with E-state index >= 15 is 0 Å². The Bertz CT molecular complexity index is 1770. The van der Waals surface area contributed by atoms with E-state index in [1.807, 2.05) is 18.2 Å². The monoisotopic (exact) mass is 506 g/mol. The summed E-state index contributed by atoms with van der Waals surface area (Å²) >= 11 is 0. The summed E-state index contributed by atoms with van der Waals surface area (Å²) in [6, 6.07) is 12.4. The third-order valence-corrected chi connectivity index (χ3v) is 6.81. The van der Waals surface area contributed by atoms with Gasteiger partial charge in [-0.15, -0.1) is 0 Å². The van der Waals surface area contributed by atoms with Gasteiger partial charge in [0.15, 0.2) is 11.5 Å². The fourth-order valence-electron chi connectivity index (χ4n) is 4.89. The number of rotatable bonds is 5. The first kappa shape index (κ1) is 22.5. The van der Waals surface area contributed by atoms with Crippen LogP contribution in [0.1, 0.15) is 12.8 Å². The number of aromatic nitrogens is 7. The smallest absolute Gasteiger partial charge is 0.159 e. The maximum atomic E-state index is 14.5. The number of ether oxygens (including phenoxy) is 1. The average Bonchev–Trinajstić information content (AvgIpc) is 3.58. The van der Waals surface area contributed by atoms with Crippen molar-refractivity contribution in [1.29, 1.82) is 0 Å². The summed E-state index contributed by atoms with van der Waals surface area (Å²) in [6.07, 6.45) is 9.10. The van der Waals surface area contributed by atoms with Gasteiger partial charge >= 0.3 is 0 Å². The summed E-state index contributed by atoms with van der Waals surface area (Å²) < 4.78 is 20.7. The highest BCUT2D eigenvalue weighted by Gasteiger charge is 2.19. The second-order valence-corrected chi connectivity index (χ2v) is 9.29. The Morgan fingerprint density at radius 1 is 0.921 bits per heavy atom. The summed E-state index contributed by atoms with van der Waals surface area (Å²) in [4.78, 5) is 21.5. The van der Waals surface area contributed by atoms with Gasteiger partial charge in [-0.1, -0.05) is 12.1 Å². The lowest BCUT2D eigenvalue weighted by atomic mass is 10.1. The Kier molecular flexibility index (Phi) is 5.51. The molecule has 0 bridgehead atoms. The lowest BCUT2D eigenvalue weighted by molar-refractivity contribution is 0.162. The zero-order valence-electron chi connectivity index (χ0n) is 20.3. The van der Waals surface area contributed by atoms with Gasteiger partial charge in [0, 0.05) is 35.3 Å². The predicted molar refractivity (Wildman–Crippen MR) is 142 cm³/mol. The summed E-state index contributed by atoms with van der Waals surface area (Å²) in [6.45, 7) is 1.92. The molecule has 0 spiro atoms. The molecule has 5 aromatic heterocycles. The molecule has 0 unspecified atom stereocenters. The lowest BCUT2D eigenvalue weighted by Gasteiger charge is -2.23. The highest BCUT2D eigenvalue weighted by molar-refractivity contribution is 5.96. The summed E-state index contributed by atoms with van der Waals surface area (Å²) in [5.41, 5.74) is 5.19. The fraction of sp³-hybridized carbons (Fsp3) is 0.179. The van der Waals surface area contributed by atoms with Gasteiger partial charge in [0.05, 0.1) is 17.1 Å². The number of fused-ring (bicyclic) bond motifs is 2. The molecule has 188 valence electrons. The molecule has 1 aromatic carbocycles. The third-order valence-electron chi connectivity index (χ3n) is 6.81. The van der Waals surface area contributed by atoms with Gasteiger partial charge in [0.25, 0.3) is 0 Å². The number of hydrogen-bond acceptors (Lipinski definition) is 7. The van der Waals surface area contributed by atoms with Crippen LogP contribution in [0.25, 0.3) is 56.0 Å². The molecule has 3 N–H and O–H groups in total. The van der Waals surface area contributed by atoms with Gasteiger partial charge in [-0.25, -0.2) is 14.4 Å². The highest BCUT2D eigenvalue weighted by Crippen LogP contribution is 2.33. The number of piperidine rings is 1. The van der Waals surface area contributed by atoms with E-state index in [1.54, 1.807) is 43.0 Å². The van der Waals surface area contributed by atoms with E-state index in [1.165, 1.54) is 6.07 Å². The highest BCUT2D eigenvalue weighted by atomic mass is 19.1. The molecule has 0 saturated carbocycles. The number of aromatic amines is 2. The van der Waals surface area contributed by atoms with Crippen molar-refractivity contribution in [3.63, 3.8) is 0 Å². The number of H-pyrrole nitrogens is 2. The van der Waals surface area contributed by atoms with Crippen molar-refractivity contribution in [1.82, 2.24) is 40.4 Å². The average molecular weight is 507 g/mol. The Balaban J connectivity index is 1.26. The van der Waals surface area contributed by atoms with Crippen LogP contribution in [-0.4, -0.2) is 54.3 Å². The third kappa shape index (κ3) is 4.04. The molecule has 6 aromatic rings. The zero-order chi connectivity index (χ0) is 25.5. The lowest BCUT2D eigenvalue weighted by Crippen LogP contribution is -2.34. The minimum atomic E-state index is -0.351. The Labute approximate surface area is 216 Å². The number of imidazole rings is 1. The van der Waals surface area contributed by atoms with E-state index in [-0.39, 0.29) is 11.9 Å². The first-order chi connectivity index (χ1) is 18.7. The maximum absolute atomic E-state index is 14.5. The van der Waals surface area contributed by atoms with E-state index in [2.05, 4.69) is 35.5 Å². The number of benzene rings is 1. The number of nitrogens with zero attached hydrogens (tertiary/aromatic N) is 5. The SMILES string of the molecule is Fc1ccccc1-c1nccc2[nH]c(-c3n[nH]c4ncc(-c5cncc(OC6CCNCC6)c5)cc34)nc12. The van der Waals surface area contributed by atoms with Gasteiger partial charge in [-0.05, 0) is 56.3 Å². The molecule has 1 aliphatic rings. The quantitative estimate of drug-likeness (QED) is 0.305. The molecule has 0 amide bonds. The van der Waals surface area contributed by atoms with E-state index in [0.29, 0.717) is 33.9 Å². The van der Waals surface area contributed by atoms with Gasteiger partial charge in [0.1, 0.15) is 34.6 Å². The van der Waals surface area contributed by atoms with Gasteiger partial charge < -0.3 is 15.0 Å². The molecule has 0 aliphatic carbocycles. The van der Waals surface area contributed by atoms with Crippen LogP contribution in [0, 0.1) is 5.82 Å². The second-order valence-electron chi connectivity index (χ2n) is 9.29. The van der Waals surface area contributed by atoms with Crippen LogP contribution in [0.5, 0.6) is 5.75 Å². The molecule has 1 fully saturated rings. The minimum absolute atomic E-state index is 0.186. The molecule has 38 heavy (non-hydrogen) atoms. The summed E-state index contributed by atoms with van der Waals surface area (Å²) in [5, 5.41) is 11.6. The van der Waals surface area contributed by atoms with E-state index < -0.39 is 0 Å². The molecule has 10 heteroatoms. The van der Waals surface area contributed by atoms with Crippen LogP contribution in [0.2, 0.25) is 0 Å². The molecule has 1 aliphatic heterocycles. The van der Waals surface area contributed by atoms with Gasteiger partial charge in [-0.2, -0.15) is 5.10 Å². The van der Waals surface area contributed by atoms with Crippen LogP contribution in [0.3, 0.4) is 0 Å². The Hall–Kier alpha value is -4.70. The van der Waals surface area contributed by atoms with Crippen LogP contribution >= 0.6 is 0 Å². The number of halogens is 1. The molecular weight excluding hydrogens is 483 g/mol. The Morgan fingerprint density at radius 2 is 1.79 bits per heavy atom. The minimum Gasteiger partial charge on any atom is -0.489 e.